The van der Waals surface area contributed by atoms with Crippen molar-refractivity contribution in [1.82, 2.24) is 20.9 Å². The Morgan fingerprint density at radius 2 is 1.56 bits per heavy atom. The maximum absolute atomic E-state index is 14.1. The third kappa shape index (κ3) is 12.4. The summed E-state index contributed by atoms with van der Waals surface area (Å²) < 4.78 is 12.9. The van der Waals surface area contributed by atoms with Crippen LogP contribution >= 0.6 is 0 Å². The van der Waals surface area contributed by atoms with Gasteiger partial charge < -0.3 is 41.6 Å². The molecule has 5 aliphatic rings. The molecule has 0 spiro atoms. The standard InChI is InChI=1S/C52H75BN6O9/c1-7-8-12-34-15-17-35(18-16-34)36-19-21-37(22-20-36)49(65)56-25-23-47(63)57-39(13-9-10-24-54)50(66)59-26-11-14-41(59)43(61)27-32(2)48(64)58-40(31-46(55)62)42(60)28-33(3)53-67-45-30-38-29-44(51(38,4)5)52(45,6)68-53/h15-22,32-33,38-41,44-45H,7-14,23-31,54H2,1-6H3,(H2,55,62)(H,56,65)(H,57,63)(H,58,64)/t32-,33-,38+,39+,40+,41+,44+,45-,52+/m1/s1. The van der Waals surface area contributed by atoms with Gasteiger partial charge in [-0.2, -0.15) is 0 Å². The predicted octanol–water partition coefficient (Wildman–Crippen LogP) is 5.45. The van der Waals surface area contributed by atoms with Crippen LogP contribution in [0.4, 0.5) is 0 Å². The van der Waals surface area contributed by atoms with Gasteiger partial charge in [-0.15, -0.1) is 0 Å². The molecule has 0 unspecified atom stereocenters. The summed E-state index contributed by atoms with van der Waals surface area (Å²) in [4.78, 5) is 95.0. The molecular formula is C52H75BN6O9. The van der Waals surface area contributed by atoms with E-state index >= 15 is 0 Å². The van der Waals surface area contributed by atoms with Gasteiger partial charge in [-0.3, -0.25) is 33.6 Å². The summed E-state index contributed by atoms with van der Waals surface area (Å²) >= 11 is 0. The van der Waals surface area contributed by atoms with Crippen molar-refractivity contribution in [3.63, 3.8) is 0 Å². The van der Waals surface area contributed by atoms with E-state index in [4.69, 9.17) is 20.8 Å². The zero-order valence-corrected chi connectivity index (χ0v) is 41.1. The van der Waals surface area contributed by atoms with Gasteiger partial charge in [0.2, 0.25) is 23.6 Å². The summed E-state index contributed by atoms with van der Waals surface area (Å²) in [5.41, 5.74) is 14.8. The molecular weight excluding hydrogens is 863 g/mol. The largest absolute Gasteiger partial charge is 0.461 e. The number of rotatable bonds is 25. The highest BCUT2D eigenvalue weighted by molar-refractivity contribution is 6.47. The van der Waals surface area contributed by atoms with Crippen molar-refractivity contribution < 1.29 is 42.9 Å². The van der Waals surface area contributed by atoms with E-state index < -0.39 is 66.8 Å². The normalized spacial score (nSPS) is 24.2. The first-order chi connectivity index (χ1) is 32.4. The van der Waals surface area contributed by atoms with Crippen molar-refractivity contribution in [2.45, 2.75) is 167 Å². The molecule has 2 heterocycles. The van der Waals surface area contributed by atoms with Crippen LogP contribution in [0.1, 0.15) is 141 Å². The van der Waals surface area contributed by atoms with Crippen molar-refractivity contribution in [3.8, 4) is 11.1 Å². The molecule has 7 rings (SSSR count). The summed E-state index contributed by atoms with van der Waals surface area (Å²) in [5.74, 6) is -3.51. The van der Waals surface area contributed by atoms with Gasteiger partial charge in [-0.25, -0.2) is 0 Å². The summed E-state index contributed by atoms with van der Waals surface area (Å²) in [6.07, 6.45) is 7.04. The molecule has 2 aromatic rings. The maximum atomic E-state index is 14.1. The molecule has 9 atom stereocenters. The Balaban J connectivity index is 0.978. The third-order valence-electron chi connectivity index (χ3n) is 15.4. The highest BCUT2D eigenvalue weighted by Crippen LogP contribution is 2.66. The number of likely N-dealkylation sites (tertiary alicyclic amines) is 1. The molecule has 2 aliphatic heterocycles. The van der Waals surface area contributed by atoms with E-state index in [1.807, 2.05) is 19.1 Å². The lowest BCUT2D eigenvalue weighted by atomic mass is 9.43. The molecule has 7 N–H and O–H groups in total. The lowest BCUT2D eigenvalue weighted by Gasteiger charge is -2.64. The Hall–Kier alpha value is -4.93. The first-order valence-electron chi connectivity index (χ1n) is 25.1. The van der Waals surface area contributed by atoms with Gasteiger partial charge in [0.15, 0.2) is 11.6 Å². The Bertz CT molecular complexity index is 2130. The summed E-state index contributed by atoms with van der Waals surface area (Å²) in [6, 6.07) is 12.8. The SMILES string of the molecule is CCCCc1ccc(-c2ccc(C(=O)NCCC(=O)N[C@@H](CCCCN)C(=O)N3CCC[C@H]3C(=O)C[C@@H](C)C(=O)N[C@@H](CC(N)=O)C(=O)C[C@@H](C)B3O[C@@H]4C[C@@H]5C[C@@H](C5(C)C)[C@]4(C)O3)cc2)cc1. The fraction of sp³-hybridized carbons (Fsp3) is 0.635. The molecule has 15 nitrogen and oxygen atoms in total. The third-order valence-corrected chi connectivity index (χ3v) is 15.4. The van der Waals surface area contributed by atoms with Crippen molar-refractivity contribution in [2.24, 2.45) is 34.6 Å². The van der Waals surface area contributed by atoms with Crippen LogP contribution < -0.4 is 27.4 Å². The van der Waals surface area contributed by atoms with Gasteiger partial charge in [0.25, 0.3) is 5.91 Å². The second-order valence-corrected chi connectivity index (χ2v) is 20.8. The number of nitrogens with zero attached hydrogens (tertiary/aromatic N) is 1. The van der Waals surface area contributed by atoms with E-state index in [0.717, 1.165) is 43.2 Å². The average molecular weight is 939 g/mol. The number of carbonyl (C=O) groups is 7. The monoisotopic (exact) mass is 939 g/mol. The van der Waals surface area contributed by atoms with E-state index in [9.17, 15) is 33.6 Å². The molecule has 2 bridgehead atoms. The topological polar surface area (TPSA) is 229 Å². The number of unbranched alkanes of at least 4 members (excludes halogenated alkanes) is 2. The highest BCUT2D eigenvalue weighted by Gasteiger charge is 2.68. The minimum absolute atomic E-state index is 0.0167. The quantitative estimate of drug-likeness (QED) is 0.0624. The average Bonchev–Trinajstić information content (AvgIpc) is 3.95. The fourth-order valence-electron chi connectivity index (χ4n) is 11.0. The number of primary amides is 1. The highest BCUT2D eigenvalue weighted by atomic mass is 16.7. The van der Waals surface area contributed by atoms with Crippen molar-refractivity contribution in [2.75, 3.05) is 19.6 Å². The van der Waals surface area contributed by atoms with Gasteiger partial charge in [-0.05, 0) is 123 Å². The summed E-state index contributed by atoms with van der Waals surface area (Å²) in [5, 5.41) is 8.32. The van der Waals surface area contributed by atoms with E-state index in [0.29, 0.717) is 62.6 Å². The first kappa shape index (κ1) is 52.4. The van der Waals surface area contributed by atoms with Crippen LogP contribution in [0.15, 0.2) is 48.5 Å². The van der Waals surface area contributed by atoms with E-state index in [1.54, 1.807) is 19.1 Å². The molecule has 370 valence electrons. The molecule has 3 aliphatic carbocycles. The number of carbonyl (C=O) groups excluding carboxylic acids is 7. The number of nitrogens with two attached hydrogens (primary N) is 2. The second kappa shape index (κ2) is 23.1. The van der Waals surface area contributed by atoms with Crippen LogP contribution in [-0.2, 0) is 44.5 Å². The first-order valence-corrected chi connectivity index (χ1v) is 25.1. The van der Waals surface area contributed by atoms with Gasteiger partial charge >= 0.3 is 7.12 Å². The lowest BCUT2D eigenvalue weighted by molar-refractivity contribution is -0.199. The Labute approximate surface area is 402 Å². The van der Waals surface area contributed by atoms with Gasteiger partial charge in [0.1, 0.15) is 6.04 Å². The molecule has 2 saturated heterocycles. The van der Waals surface area contributed by atoms with E-state index in [1.165, 1.54) is 10.5 Å². The van der Waals surface area contributed by atoms with Gasteiger partial charge in [0, 0.05) is 43.8 Å². The Morgan fingerprint density at radius 3 is 2.21 bits per heavy atom. The van der Waals surface area contributed by atoms with Crippen LogP contribution in [0.3, 0.4) is 0 Å². The van der Waals surface area contributed by atoms with Gasteiger partial charge in [-0.1, -0.05) is 77.4 Å². The molecule has 3 saturated carbocycles. The number of hydrogen-bond acceptors (Lipinski definition) is 10. The molecule has 68 heavy (non-hydrogen) atoms. The number of hydrogen-bond donors (Lipinski definition) is 5. The number of nitrogens with one attached hydrogen (secondary N) is 3. The number of aryl methyl sites for hydroxylation is 1. The predicted molar refractivity (Wildman–Crippen MR) is 261 cm³/mol. The number of amides is 5. The summed E-state index contributed by atoms with van der Waals surface area (Å²) in [7, 11) is -0.608. The van der Waals surface area contributed by atoms with Crippen molar-refractivity contribution in [1.29, 1.82) is 0 Å². The zero-order valence-electron chi connectivity index (χ0n) is 41.1. The van der Waals surface area contributed by atoms with Crippen LogP contribution in [0.25, 0.3) is 11.1 Å². The number of ketones is 2. The Kier molecular flexibility index (Phi) is 17.8. The summed E-state index contributed by atoms with van der Waals surface area (Å²) in [6.45, 7) is 13.0. The second-order valence-electron chi connectivity index (χ2n) is 20.8. The van der Waals surface area contributed by atoms with Crippen LogP contribution in [0, 0.1) is 23.2 Å². The van der Waals surface area contributed by atoms with Crippen LogP contribution in [-0.4, -0.2) is 103 Å². The molecule has 0 radical (unpaired) electrons. The minimum atomic E-state index is -1.20. The molecule has 5 fully saturated rings. The number of benzene rings is 2. The Morgan fingerprint density at radius 1 is 0.868 bits per heavy atom. The molecule has 2 aromatic carbocycles. The van der Waals surface area contributed by atoms with Crippen LogP contribution in [0.2, 0.25) is 5.82 Å². The number of Topliss-reactive ketones (excluding diaryl/α,β-unsaturated/α-hetero) is 2. The molecule has 0 aromatic heterocycles. The van der Waals surface area contributed by atoms with Crippen molar-refractivity contribution in [3.05, 3.63) is 59.7 Å². The van der Waals surface area contributed by atoms with E-state index in [-0.39, 0.29) is 60.6 Å². The fourth-order valence-corrected chi connectivity index (χ4v) is 11.0. The van der Waals surface area contributed by atoms with Crippen molar-refractivity contribution >= 4 is 48.2 Å². The maximum Gasteiger partial charge on any atom is 0.461 e. The van der Waals surface area contributed by atoms with Crippen LogP contribution in [0.5, 0.6) is 0 Å². The van der Waals surface area contributed by atoms with Gasteiger partial charge in [0.05, 0.1) is 30.2 Å². The molecule has 16 heteroatoms. The molecule has 5 amide bonds. The lowest BCUT2D eigenvalue weighted by Crippen LogP contribution is -2.65. The van der Waals surface area contributed by atoms with E-state index in [2.05, 4.69) is 67.9 Å². The smallest absolute Gasteiger partial charge is 0.405 e. The zero-order chi connectivity index (χ0) is 49.3. The minimum Gasteiger partial charge on any atom is -0.405 e.